The summed E-state index contributed by atoms with van der Waals surface area (Å²) in [4.78, 5) is 17.5. The largest absolute Gasteiger partial charge is 0.468 e. The topological polar surface area (TPSA) is 75.4 Å². The van der Waals surface area contributed by atoms with Crippen molar-refractivity contribution in [1.29, 1.82) is 5.26 Å². The predicted octanol–water partition coefficient (Wildman–Crippen LogP) is 1.05. The van der Waals surface area contributed by atoms with E-state index in [-0.39, 0.29) is 11.7 Å². The van der Waals surface area contributed by atoms with E-state index >= 15 is 0 Å². The van der Waals surface area contributed by atoms with E-state index in [4.69, 9.17) is 4.74 Å². The first-order valence-corrected chi connectivity index (χ1v) is 7.16. The maximum absolute atomic E-state index is 11.2. The van der Waals surface area contributed by atoms with Crippen molar-refractivity contribution in [2.24, 2.45) is 0 Å². The lowest BCUT2D eigenvalue weighted by Crippen LogP contribution is -2.36. The molecule has 1 aromatic heterocycles. The highest BCUT2D eigenvalue weighted by Gasteiger charge is 2.18. The zero-order chi connectivity index (χ0) is 14.4. The number of rotatable bonds is 4. The normalized spacial score (nSPS) is 14.7. The Labute approximate surface area is 121 Å². The Hall–Kier alpha value is -1.78. The molecule has 2 heterocycles. The van der Waals surface area contributed by atoms with Crippen LogP contribution in [0.15, 0.2) is 17.3 Å². The number of nitriles is 1. The smallest absolute Gasteiger partial charge is 0.316 e. The van der Waals surface area contributed by atoms with Gasteiger partial charge in [-0.1, -0.05) is 11.8 Å². The minimum absolute atomic E-state index is 0.144. The number of aromatic nitrogens is 1. The van der Waals surface area contributed by atoms with E-state index in [1.807, 2.05) is 6.07 Å². The number of anilines is 1. The number of hydrogen-bond donors (Lipinski definition) is 0. The molecule has 0 atom stereocenters. The van der Waals surface area contributed by atoms with Crippen molar-refractivity contribution < 1.29 is 14.3 Å². The summed E-state index contributed by atoms with van der Waals surface area (Å²) in [7, 11) is 1.34. The van der Waals surface area contributed by atoms with E-state index in [0.717, 1.165) is 18.8 Å². The average Bonchev–Trinajstić information content (AvgIpc) is 2.52. The summed E-state index contributed by atoms with van der Waals surface area (Å²) < 4.78 is 9.91. The Morgan fingerprint density at radius 1 is 1.60 bits per heavy atom. The van der Waals surface area contributed by atoms with Gasteiger partial charge in [0.1, 0.15) is 16.7 Å². The molecular formula is C13H15N3O3S. The molecule has 20 heavy (non-hydrogen) atoms. The van der Waals surface area contributed by atoms with Gasteiger partial charge in [0.25, 0.3) is 0 Å². The van der Waals surface area contributed by atoms with Gasteiger partial charge in [0.05, 0.1) is 31.8 Å². The molecule has 1 aliphatic rings. The van der Waals surface area contributed by atoms with Crippen LogP contribution in [0.5, 0.6) is 0 Å². The lowest BCUT2D eigenvalue weighted by molar-refractivity contribution is -0.137. The zero-order valence-corrected chi connectivity index (χ0v) is 12.0. The molecule has 7 heteroatoms. The van der Waals surface area contributed by atoms with Gasteiger partial charge in [0.2, 0.25) is 0 Å². The maximum atomic E-state index is 11.2. The second-order valence-corrected chi connectivity index (χ2v) is 5.05. The highest BCUT2D eigenvalue weighted by molar-refractivity contribution is 7.99. The predicted molar refractivity (Wildman–Crippen MR) is 74.7 cm³/mol. The maximum Gasteiger partial charge on any atom is 0.316 e. The second kappa shape index (κ2) is 7.12. The number of thioether (sulfide) groups is 1. The first-order chi connectivity index (χ1) is 9.76. The summed E-state index contributed by atoms with van der Waals surface area (Å²) in [6, 6.07) is 4.01. The van der Waals surface area contributed by atoms with Crippen molar-refractivity contribution >= 4 is 23.4 Å². The van der Waals surface area contributed by atoms with Gasteiger partial charge in [-0.25, -0.2) is 4.98 Å². The molecule has 0 aromatic carbocycles. The lowest BCUT2D eigenvalue weighted by Gasteiger charge is -2.29. The fourth-order valence-corrected chi connectivity index (χ4v) is 2.70. The fraction of sp³-hybridized carbons (Fsp3) is 0.462. The number of morpholine rings is 1. The second-order valence-electron chi connectivity index (χ2n) is 4.09. The molecular weight excluding hydrogens is 278 g/mol. The molecule has 1 saturated heterocycles. The fourth-order valence-electron chi connectivity index (χ4n) is 1.90. The number of carbonyl (C=O) groups excluding carboxylic acids is 1. The van der Waals surface area contributed by atoms with Crippen molar-refractivity contribution in [3.05, 3.63) is 17.8 Å². The quantitative estimate of drug-likeness (QED) is 0.606. The summed E-state index contributed by atoms with van der Waals surface area (Å²) in [6.07, 6.45) is 1.66. The van der Waals surface area contributed by atoms with Gasteiger partial charge in [-0.05, 0) is 6.07 Å². The number of pyridine rings is 1. The van der Waals surface area contributed by atoms with Crippen molar-refractivity contribution in [2.45, 2.75) is 5.03 Å². The molecule has 0 saturated carbocycles. The summed E-state index contributed by atoms with van der Waals surface area (Å²) in [5.41, 5.74) is 1.35. The highest BCUT2D eigenvalue weighted by Crippen LogP contribution is 2.28. The Morgan fingerprint density at radius 3 is 3.00 bits per heavy atom. The third kappa shape index (κ3) is 3.40. The molecule has 0 aliphatic carbocycles. The Kier molecular flexibility index (Phi) is 5.21. The molecule has 0 radical (unpaired) electrons. The van der Waals surface area contributed by atoms with Gasteiger partial charge in [0.15, 0.2) is 0 Å². The molecule has 0 unspecified atom stereocenters. The van der Waals surface area contributed by atoms with Crippen LogP contribution in [0.3, 0.4) is 0 Å². The van der Waals surface area contributed by atoms with Crippen LogP contribution in [-0.4, -0.2) is 50.1 Å². The molecule has 0 bridgehead atoms. The van der Waals surface area contributed by atoms with Crippen LogP contribution >= 0.6 is 11.8 Å². The van der Waals surface area contributed by atoms with Gasteiger partial charge in [-0.2, -0.15) is 5.26 Å². The van der Waals surface area contributed by atoms with E-state index in [1.165, 1.54) is 18.9 Å². The van der Waals surface area contributed by atoms with Crippen molar-refractivity contribution in [2.75, 3.05) is 44.1 Å². The van der Waals surface area contributed by atoms with Crippen LogP contribution in [0.25, 0.3) is 0 Å². The first kappa shape index (κ1) is 14.6. The van der Waals surface area contributed by atoms with Gasteiger partial charge in [-0.15, -0.1) is 0 Å². The number of carbonyl (C=O) groups is 1. The third-order valence-electron chi connectivity index (χ3n) is 2.91. The zero-order valence-electron chi connectivity index (χ0n) is 11.2. The van der Waals surface area contributed by atoms with Crippen LogP contribution in [0.4, 0.5) is 5.69 Å². The van der Waals surface area contributed by atoms with Crippen molar-refractivity contribution in [1.82, 2.24) is 4.98 Å². The Bertz CT molecular complexity index is 524. The lowest BCUT2D eigenvalue weighted by atomic mass is 10.2. The summed E-state index contributed by atoms with van der Waals surface area (Å²) in [6.45, 7) is 2.80. The van der Waals surface area contributed by atoms with Crippen LogP contribution in [0, 0.1) is 11.3 Å². The minimum Gasteiger partial charge on any atom is -0.468 e. The van der Waals surface area contributed by atoms with Crippen LogP contribution in [-0.2, 0) is 14.3 Å². The molecule has 1 fully saturated rings. The van der Waals surface area contributed by atoms with E-state index in [0.29, 0.717) is 23.8 Å². The van der Waals surface area contributed by atoms with Gasteiger partial charge >= 0.3 is 5.97 Å². The molecule has 0 N–H and O–H groups in total. The summed E-state index contributed by atoms with van der Waals surface area (Å²) in [5.74, 6) is -0.192. The highest BCUT2D eigenvalue weighted by atomic mass is 32.2. The Balaban J connectivity index is 2.20. The van der Waals surface area contributed by atoms with E-state index < -0.39 is 0 Å². The SMILES string of the molecule is COC(=O)CSc1nccc(N2CCOCC2)c1C#N. The number of hydrogen-bond acceptors (Lipinski definition) is 7. The average molecular weight is 293 g/mol. The van der Waals surface area contributed by atoms with Crippen molar-refractivity contribution in [3.8, 4) is 6.07 Å². The van der Waals surface area contributed by atoms with Crippen LogP contribution in [0.2, 0.25) is 0 Å². The van der Waals surface area contributed by atoms with E-state index in [1.54, 1.807) is 6.20 Å². The van der Waals surface area contributed by atoms with Gasteiger partial charge in [-0.3, -0.25) is 4.79 Å². The van der Waals surface area contributed by atoms with Crippen LogP contribution in [0.1, 0.15) is 5.56 Å². The summed E-state index contributed by atoms with van der Waals surface area (Å²) in [5, 5.41) is 9.93. The number of methoxy groups -OCH3 is 1. The van der Waals surface area contributed by atoms with E-state index in [2.05, 4.69) is 20.7 Å². The standard InChI is InChI=1S/C13H15N3O3S/c1-18-12(17)9-20-13-10(8-14)11(2-3-15-13)16-4-6-19-7-5-16/h2-3H,4-7,9H2,1H3. The van der Waals surface area contributed by atoms with E-state index in [9.17, 15) is 10.1 Å². The molecule has 2 rings (SSSR count). The Morgan fingerprint density at radius 2 is 2.35 bits per heavy atom. The number of ether oxygens (including phenoxy) is 2. The molecule has 0 spiro atoms. The van der Waals surface area contributed by atoms with Crippen LogP contribution < -0.4 is 4.90 Å². The third-order valence-corrected chi connectivity index (χ3v) is 3.88. The summed E-state index contributed by atoms with van der Waals surface area (Å²) >= 11 is 1.22. The van der Waals surface area contributed by atoms with Crippen molar-refractivity contribution in [3.63, 3.8) is 0 Å². The minimum atomic E-state index is -0.336. The monoisotopic (exact) mass is 293 g/mol. The molecule has 1 aromatic rings. The number of nitrogens with zero attached hydrogens (tertiary/aromatic N) is 3. The molecule has 0 amide bonds. The number of esters is 1. The van der Waals surface area contributed by atoms with Gasteiger partial charge < -0.3 is 14.4 Å². The molecule has 106 valence electrons. The first-order valence-electron chi connectivity index (χ1n) is 6.17. The molecule has 6 nitrogen and oxygen atoms in total. The molecule has 1 aliphatic heterocycles. The van der Waals surface area contributed by atoms with Gasteiger partial charge in [0, 0.05) is 19.3 Å².